The van der Waals surface area contributed by atoms with Gasteiger partial charge in [0.1, 0.15) is 12.0 Å². The van der Waals surface area contributed by atoms with Crippen LogP contribution in [0.3, 0.4) is 0 Å². The number of nitrogens with one attached hydrogen (secondary N) is 2. The molecule has 2 aromatic heterocycles. The van der Waals surface area contributed by atoms with Crippen LogP contribution in [0.15, 0.2) is 18.6 Å². The number of ether oxygens (including phenoxy) is 1. The lowest BCUT2D eigenvalue weighted by Gasteiger charge is -2.38. The minimum absolute atomic E-state index is 0.135. The summed E-state index contributed by atoms with van der Waals surface area (Å²) in [4.78, 5) is 25.7. The van der Waals surface area contributed by atoms with Crippen LogP contribution in [0.4, 0.5) is 4.79 Å². The highest BCUT2D eigenvalue weighted by atomic mass is 16.6. The van der Waals surface area contributed by atoms with E-state index in [-0.39, 0.29) is 23.6 Å². The maximum Gasteiger partial charge on any atom is 0.417 e. The van der Waals surface area contributed by atoms with Crippen molar-refractivity contribution in [2.24, 2.45) is 0 Å². The van der Waals surface area contributed by atoms with Crippen LogP contribution >= 0.6 is 0 Å². The fourth-order valence-corrected chi connectivity index (χ4v) is 2.89. The van der Waals surface area contributed by atoms with Crippen molar-refractivity contribution in [3.05, 3.63) is 18.6 Å². The Bertz CT molecular complexity index is 670. The van der Waals surface area contributed by atoms with Crippen LogP contribution in [0.5, 0.6) is 5.88 Å². The highest BCUT2D eigenvalue weighted by molar-refractivity contribution is 5.83. The van der Waals surface area contributed by atoms with Crippen LogP contribution in [0, 0.1) is 0 Å². The van der Waals surface area contributed by atoms with E-state index in [1.54, 1.807) is 17.2 Å². The van der Waals surface area contributed by atoms with Crippen LogP contribution in [0.1, 0.15) is 27.2 Å². The van der Waals surface area contributed by atoms with Crippen molar-refractivity contribution in [1.29, 1.82) is 0 Å². The lowest BCUT2D eigenvalue weighted by molar-refractivity contribution is 0.0807. The summed E-state index contributed by atoms with van der Waals surface area (Å²) >= 11 is 0. The van der Waals surface area contributed by atoms with E-state index in [9.17, 15) is 4.79 Å². The van der Waals surface area contributed by atoms with E-state index in [1.165, 1.54) is 6.33 Å². The summed E-state index contributed by atoms with van der Waals surface area (Å²) in [5.74, 6) is 0.288. The summed E-state index contributed by atoms with van der Waals surface area (Å²) in [6.45, 7) is 7.74. The molecule has 1 atom stereocenters. The van der Waals surface area contributed by atoms with Crippen LogP contribution in [0.2, 0.25) is 0 Å². The predicted molar refractivity (Wildman–Crippen MR) is 82.8 cm³/mol. The Morgan fingerprint density at radius 3 is 2.91 bits per heavy atom. The molecule has 0 radical (unpaired) electrons. The van der Waals surface area contributed by atoms with Crippen molar-refractivity contribution in [3.8, 4) is 5.88 Å². The number of rotatable bonds is 2. The molecule has 3 rings (SSSR count). The molecule has 1 fully saturated rings. The van der Waals surface area contributed by atoms with Crippen LogP contribution < -0.4 is 10.1 Å². The zero-order valence-electron chi connectivity index (χ0n) is 13.1. The van der Waals surface area contributed by atoms with E-state index in [2.05, 4.69) is 20.3 Å². The Balaban J connectivity index is 1.86. The monoisotopic (exact) mass is 303 g/mol. The first-order chi connectivity index (χ1) is 10.5. The molecule has 0 saturated carbocycles. The Kier molecular flexibility index (Phi) is 3.74. The highest BCUT2D eigenvalue weighted by Crippen LogP contribution is 2.25. The molecule has 0 spiro atoms. The molecule has 1 aliphatic rings. The average molecular weight is 303 g/mol. The smallest absolute Gasteiger partial charge is 0.390 e. The second-order valence-corrected chi connectivity index (χ2v) is 6.47. The predicted octanol–water partition coefficient (Wildman–Crippen LogP) is 1.92. The molecular formula is C15H21N5O2. The van der Waals surface area contributed by atoms with Crippen molar-refractivity contribution in [3.63, 3.8) is 0 Å². The zero-order chi connectivity index (χ0) is 15.7. The van der Waals surface area contributed by atoms with E-state index in [4.69, 9.17) is 4.74 Å². The third kappa shape index (κ3) is 2.76. The first kappa shape index (κ1) is 14.8. The maximum absolute atomic E-state index is 12.7. The minimum atomic E-state index is -0.373. The molecule has 2 aromatic rings. The summed E-state index contributed by atoms with van der Waals surface area (Å²) < 4.78 is 5.58. The first-order valence-corrected chi connectivity index (χ1v) is 7.47. The quantitative estimate of drug-likeness (QED) is 0.885. The fourth-order valence-electron chi connectivity index (χ4n) is 2.89. The number of aromatic amines is 1. The molecule has 0 aliphatic carbocycles. The van der Waals surface area contributed by atoms with Gasteiger partial charge in [0.15, 0.2) is 0 Å². The molecule has 0 bridgehead atoms. The Labute approximate surface area is 129 Å². The lowest BCUT2D eigenvalue weighted by Crippen LogP contribution is -2.53. The molecule has 0 aromatic carbocycles. The van der Waals surface area contributed by atoms with E-state index >= 15 is 0 Å². The summed E-state index contributed by atoms with van der Waals surface area (Å²) in [6.07, 6.45) is 3.69. The topological polar surface area (TPSA) is 83.1 Å². The Hall–Kier alpha value is -2.15. The molecule has 7 nitrogen and oxygen atoms in total. The van der Waals surface area contributed by atoms with Crippen LogP contribution in [-0.4, -0.2) is 50.6 Å². The molecule has 3 heterocycles. The summed E-state index contributed by atoms with van der Waals surface area (Å²) in [7, 11) is 0. The Morgan fingerprint density at radius 1 is 1.41 bits per heavy atom. The number of hydrogen-bond acceptors (Lipinski definition) is 5. The lowest BCUT2D eigenvalue weighted by atomic mass is 10.0. The van der Waals surface area contributed by atoms with E-state index in [1.807, 2.05) is 20.8 Å². The van der Waals surface area contributed by atoms with Crippen LogP contribution in [-0.2, 0) is 0 Å². The molecule has 0 unspecified atom stereocenters. The number of amides is 1. The number of carbonyl (C=O) groups is 1. The van der Waals surface area contributed by atoms with Gasteiger partial charge in [-0.05, 0) is 39.8 Å². The number of hydrogen-bond donors (Lipinski definition) is 2. The molecule has 118 valence electrons. The van der Waals surface area contributed by atoms with Crippen molar-refractivity contribution < 1.29 is 9.53 Å². The number of carbonyl (C=O) groups excluding carboxylic acids is 1. The van der Waals surface area contributed by atoms with Crippen LogP contribution in [0.25, 0.3) is 11.0 Å². The van der Waals surface area contributed by atoms with E-state index in [0.717, 1.165) is 19.5 Å². The molecule has 2 N–H and O–H groups in total. The molecule has 1 aliphatic heterocycles. The van der Waals surface area contributed by atoms with Gasteiger partial charge in [0.2, 0.25) is 5.88 Å². The van der Waals surface area contributed by atoms with Crippen molar-refractivity contribution >= 4 is 17.1 Å². The average Bonchev–Trinajstić information content (AvgIpc) is 3.08. The van der Waals surface area contributed by atoms with E-state index < -0.39 is 0 Å². The van der Waals surface area contributed by atoms with Gasteiger partial charge in [-0.15, -0.1) is 0 Å². The fraction of sp³-hybridized carbons (Fsp3) is 0.533. The largest absolute Gasteiger partial charge is 0.417 e. The number of fused-ring (bicyclic) bond motifs is 1. The molecule has 1 amide bonds. The SMILES string of the molecule is CC(C)(C)N(C(=O)Oc1ncnc2[nH]ccc12)[C@@H]1CCNC1. The van der Waals surface area contributed by atoms with Gasteiger partial charge in [0.05, 0.1) is 5.39 Å². The normalized spacial score (nSPS) is 18.6. The number of aromatic nitrogens is 3. The van der Waals surface area contributed by atoms with Gasteiger partial charge in [0.25, 0.3) is 0 Å². The minimum Gasteiger partial charge on any atom is -0.390 e. The van der Waals surface area contributed by atoms with Gasteiger partial charge < -0.3 is 15.0 Å². The van der Waals surface area contributed by atoms with Gasteiger partial charge >= 0.3 is 6.09 Å². The molecule has 1 saturated heterocycles. The third-order valence-corrected chi connectivity index (χ3v) is 3.82. The second-order valence-electron chi connectivity index (χ2n) is 6.47. The molecular weight excluding hydrogens is 282 g/mol. The van der Waals surface area contributed by atoms with E-state index in [0.29, 0.717) is 11.0 Å². The summed E-state index contributed by atoms with van der Waals surface area (Å²) in [6, 6.07) is 1.94. The summed E-state index contributed by atoms with van der Waals surface area (Å²) in [5, 5.41) is 3.99. The second kappa shape index (κ2) is 5.57. The van der Waals surface area contributed by atoms with Crippen molar-refractivity contribution in [1.82, 2.24) is 25.2 Å². The highest BCUT2D eigenvalue weighted by Gasteiger charge is 2.36. The standard InChI is InChI=1S/C15H21N5O2/c1-15(2,3)20(10-4-6-16-8-10)14(21)22-13-11-5-7-17-12(11)18-9-19-13/h5,7,9-10,16H,4,6,8H2,1-3H3,(H,17,18,19)/t10-/m1/s1. The van der Waals surface area contributed by atoms with Gasteiger partial charge in [-0.1, -0.05) is 0 Å². The molecule has 7 heteroatoms. The van der Waals surface area contributed by atoms with Gasteiger partial charge in [-0.3, -0.25) is 4.90 Å². The first-order valence-electron chi connectivity index (χ1n) is 7.47. The number of nitrogens with zero attached hydrogens (tertiary/aromatic N) is 3. The maximum atomic E-state index is 12.7. The molecule has 22 heavy (non-hydrogen) atoms. The Morgan fingerprint density at radius 2 is 2.23 bits per heavy atom. The number of H-pyrrole nitrogens is 1. The summed E-state index contributed by atoms with van der Waals surface area (Å²) in [5.41, 5.74) is 0.334. The van der Waals surface area contributed by atoms with Crippen molar-refractivity contribution in [2.45, 2.75) is 38.8 Å². The van der Waals surface area contributed by atoms with Gasteiger partial charge in [0, 0.05) is 24.3 Å². The zero-order valence-corrected chi connectivity index (χ0v) is 13.1. The van der Waals surface area contributed by atoms with Gasteiger partial charge in [-0.25, -0.2) is 14.8 Å². The van der Waals surface area contributed by atoms with Gasteiger partial charge in [-0.2, -0.15) is 0 Å². The third-order valence-electron chi connectivity index (χ3n) is 3.82. The van der Waals surface area contributed by atoms with Crippen molar-refractivity contribution in [2.75, 3.05) is 13.1 Å².